The molecule has 2 aromatic rings. The highest BCUT2D eigenvalue weighted by Crippen LogP contribution is 2.18. The molecule has 2 aromatic carbocycles. The van der Waals surface area contributed by atoms with Crippen LogP contribution in [0, 0.1) is 12.7 Å². The molecular weight excluding hydrogens is 253 g/mol. The maximum Gasteiger partial charge on any atom is 0.257 e. The number of anilines is 1. The number of benzene rings is 2. The topological polar surface area (TPSA) is 29.1 Å². The Morgan fingerprint density at radius 1 is 1.22 bits per heavy atom. The second kappa shape index (κ2) is 5.19. The fourth-order valence-electron chi connectivity index (χ4n) is 1.57. The van der Waals surface area contributed by atoms with Crippen molar-refractivity contribution in [2.24, 2.45) is 0 Å². The summed E-state index contributed by atoms with van der Waals surface area (Å²) >= 11 is 5.92. The maximum absolute atomic E-state index is 13.1. The molecule has 0 unspecified atom stereocenters. The van der Waals surface area contributed by atoms with Crippen molar-refractivity contribution in [2.75, 3.05) is 5.32 Å². The van der Waals surface area contributed by atoms with Crippen molar-refractivity contribution in [1.29, 1.82) is 0 Å². The smallest absolute Gasteiger partial charge is 0.257 e. The molecule has 0 aliphatic heterocycles. The third-order valence-electron chi connectivity index (χ3n) is 2.53. The van der Waals surface area contributed by atoms with Gasteiger partial charge in [0.15, 0.2) is 0 Å². The molecule has 2 nitrogen and oxygen atoms in total. The third kappa shape index (κ3) is 2.68. The molecular formula is C14H11ClFNO. The number of aryl methyl sites for hydroxylation is 1. The van der Waals surface area contributed by atoms with Gasteiger partial charge in [0, 0.05) is 5.69 Å². The van der Waals surface area contributed by atoms with E-state index in [1.807, 2.05) is 0 Å². The van der Waals surface area contributed by atoms with E-state index in [2.05, 4.69) is 5.32 Å². The molecule has 0 heterocycles. The molecule has 0 bridgehead atoms. The number of hydrogen-bond acceptors (Lipinski definition) is 1. The van der Waals surface area contributed by atoms with Gasteiger partial charge in [-0.25, -0.2) is 4.39 Å². The van der Waals surface area contributed by atoms with Crippen molar-refractivity contribution in [2.45, 2.75) is 6.92 Å². The quantitative estimate of drug-likeness (QED) is 0.870. The molecule has 0 aromatic heterocycles. The van der Waals surface area contributed by atoms with Gasteiger partial charge >= 0.3 is 0 Å². The Labute approximate surface area is 109 Å². The largest absolute Gasteiger partial charge is 0.322 e. The average molecular weight is 264 g/mol. The van der Waals surface area contributed by atoms with Gasteiger partial charge in [-0.1, -0.05) is 23.7 Å². The summed E-state index contributed by atoms with van der Waals surface area (Å²) in [5, 5.41) is 3.06. The molecule has 0 atom stereocenters. The van der Waals surface area contributed by atoms with E-state index in [1.165, 1.54) is 12.1 Å². The zero-order chi connectivity index (χ0) is 13.1. The lowest BCUT2D eigenvalue weighted by atomic mass is 10.2. The molecule has 0 saturated carbocycles. The normalized spacial score (nSPS) is 10.2. The third-order valence-corrected chi connectivity index (χ3v) is 2.86. The van der Waals surface area contributed by atoms with Crippen LogP contribution in [-0.2, 0) is 0 Å². The van der Waals surface area contributed by atoms with Crippen LogP contribution < -0.4 is 5.32 Å². The molecule has 0 aliphatic rings. The van der Waals surface area contributed by atoms with Crippen molar-refractivity contribution in [3.8, 4) is 0 Å². The van der Waals surface area contributed by atoms with E-state index in [9.17, 15) is 9.18 Å². The van der Waals surface area contributed by atoms with Crippen molar-refractivity contribution >= 4 is 23.2 Å². The highest BCUT2D eigenvalue weighted by molar-refractivity contribution is 6.34. The minimum absolute atomic E-state index is 0.300. The number of halogens is 2. The SMILES string of the molecule is Cc1cc(NC(=O)c2ccccc2Cl)ccc1F. The lowest BCUT2D eigenvalue weighted by molar-refractivity contribution is 0.102. The summed E-state index contributed by atoms with van der Waals surface area (Å²) in [6, 6.07) is 11.2. The van der Waals surface area contributed by atoms with Gasteiger partial charge in [-0.05, 0) is 42.8 Å². The van der Waals surface area contributed by atoms with Crippen LogP contribution in [0.3, 0.4) is 0 Å². The Kier molecular flexibility index (Phi) is 3.63. The lowest BCUT2D eigenvalue weighted by Gasteiger charge is -2.07. The minimum Gasteiger partial charge on any atom is -0.322 e. The van der Waals surface area contributed by atoms with E-state index in [0.29, 0.717) is 21.8 Å². The Bertz CT molecular complexity index is 598. The first-order valence-corrected chi connectivity index (χ1v) is 5.78. The van der Waals surface area contributed by atoms with Crippen LogP contribution in [0.2, 0.25) is 5.02 Å². The van der Waals surface area contributed by atoms with Gasteiger partial charge in [-0.2, -0.15) is 0 Å². The molecule has 0 aliphatic carbocycles. The van der Waals surface area contributed by atoms with Gasteiger partial charge in [0.05, 0.1) is 10.6 Å². The van der Waals surface area contributed by atoms with Crippen LogP contribution >= 0.6 is 11.6 Å². The van der Waals surface area contributed by atoms with Crippen LogP contribution in [0.1, 0.15) is 15.9 Å². The van der Waals surface area contributed by atoms with Crippen LogP contribution in [0.5, 0.6) is 0 Å². The van der Waals surface area contributed by atoms with E-state index in [1.54, 1.807) is 37.3 Å². The van der Waals surface area contributed by atoms with E-state index in [4.69, 9.17) is 11.6 Å². The first kappa shape index (κ1) is 12.6. The van der Waals surface area contributed by atoms with E-state index < -0.39 is 0 Å². The molecule has 4 heteroatoms. The summed E-state index contributed by atoms with van der Waals surface area (Å²) in [5.41, 5.74) is 1.41. The average Bonchev–Trinajstić information content (AvgIpc) is 2.34. The maximum atomic E-state index is 13.1. The van der Waals surface area contributed by atoms with E-state index in [0.717, 1.165) is 0 Å². The summed E-state index contributed by atoms with van der Waals surface area (Å²) in [7, 11) is 0. The second-order valence-electron chi connectivity index (χ2n) is 3.90. The number of hydrogen-bond donors (Lipinski definition) is 1. The monoisotopic (exact) mass is 263 g/mol. The first-order chi connectivity index (χ1) is 8.58. The molecule has 0 spiro atoms. The Morgan fingerprint density at radius 2 is 1.94 bits per heavy atom. The van der Waals surface area contributed by atoms with Gasteiger partial charge in [0.25, 0.3) is 5.91 Å². The van der Waals surface area contributed by atoms with Crippen LogP contribution in [-0.4, -0.2) is 5.91 Å². The standard InChI is InChI=1S/C14H11ClFNO/c1-9-8-10(6-7-13(9)16)17-14(18)11-4-2-3-5-12(11)15/h2-8H,1H3,(H,17,18). The van der Waals surface area contributed by atoms with Crippen molar-refractivity contribution in [3.05, 3.63) is 64.4 Å². The predicted octanol–water partition coefficient (Wildman–Crippen LogP) is 4.04. The van der Waals surface area contributed by atoms with Crippen molar-refractivity contribution in [3.63, 3.8) is 0 Å². The van der Waals surface area contributed by atoms with Gasteiger partial charge < -0.3 is 5.32 Å². The molecule has 0 saturated heterocycles. The molecule has 0 fully saturated rings. The number of carbonyl (C=O) groups excluding carboxylic acids is 1. The van der Waals surface area contributed by atoms with Gasteiger partial charge in [0.2, 0.25) is 0 Å². The summed E-state index contributed by atoms with van der Waals surface area (Å²) in [4.78, 5) is 11.9. The molecule has 1 amide bonds. The van der Waals surface area contributed by atoms with Crippen LogP contribution in [0.25, 0.3) is 0 Å². The highest BCUT2D eigenvalue weighted by atomic mass is 35.5. The lowest BCUT2D eigenvalue weighted by Crippen LogP contribution is -2.12. The zero-order valence-electron chi connectivity index (χ0n) is 9.71. The summed E-state index contributed by atoms with van der Waals surface area (Å²) in [6.45, 7) is 1.64. The van der Waals surface area contributed by atoms with Gasteiger partial charge in [-0.15, -0.1) is 0 Å². The fourth-order valence-corrected chi connectivity index (χ4v) is 1.79. The van der Waals surface area contributed by atoms with E-state index in [-0.39, 0.29) is 11.7 Å². The Balaban J connectivity index is 2.22. The van der Waals surface area contributed by atoms with Crippen LogP contribution in [0.15, 0.2) is 42.5 Å². The molecule has 0 radical (unpaired) electrons. The fraction of sp³-hybridized carbons (Fsp3) is 0.0714. The number of amides is 1. The van der Waals surface area contributed by atoms with Crippen molar-refractivity contribution < 1.29 is 9.18 Å². The van der Waals surface area contributed by atoms with Gasteiger partial charge in [0.1, 0.15) is 5.82 Å². The summed E-state index contributed by atoms with van der Waals surface area (Å²) in [5.74, 6) is -0.614. The Morgan fingerprint density at radius 3 is 2.61 bits per heavy atom. The second-order valence-corrected chi connectivity index (χ2v) is 4.31. The zero-order valence-corrected chi connectivity index (χ0v) is 10.5. The van der Waals surface area contributed by atoms with Crippen LogP contribution in [0.4, 0.5) is 10.1 Å². The predicted molar refractivity (Wildman–Crippen MR) is 70.5 cm³/mol. The number of nitrogens with one attached hydrogen (secondary N) is 1. The highest BCUT2D eigenvalue weighted by Gasteiger charge is 2.10. The first-order valence-electron chi connectivity index (χ1n) is 5.40. The minimum atomic E-state index is -0.313. The summed E-state index contributed by atoms with van der Waals surface area (Å²) in [6.07, 6.45) is 0. The Hall–Kier alpha value is -1.87. The molecule has 2 rings (SSSR count). The van der Waals surface area contributed by atoms with E-state index >= 15 is 0 Å². The molecule has 92 valence electrons. The number of carbonyl (C=O) groups is 1. The molecule has 18 heavy (non-hydrogen) atoms. The molecule has 1 N–H and O–H groups in total. The summed E-state index contributed by atoms with van der Waals surface area (Å²) < 4.78 is 13.1. The van der Waals surface area contributed by atoms with Gasteiger partial charge in [-0.3, -0.25) is 4.79 Å². The van der Waals surface area contributed by atoms with Crippen molar-refractivity contribution in [1.82, 2.24) is 0 Å². The number of rotatable bonds is 2.